The molecule has 0 N–H and O–H groups in total. The van der Waals surface area contributed by atoms with Gasteiger partial charge in [-0.3, -0.25) is 4.79 Å². The van der Waals surface area contributed by atoms with Crippen LogP contribution in [-0.4, -0.2) is 22.5 Å². The summed E-state index contributed by atoms with van der Waals surface area (Å²) in [6.07, 6.45) is 3.35. The van der Waals surface area contributed by atoms with Crippen LogP contribution in [0.25, 0.3) is 0 Å². The molecule has 15 heavy (non-hydrogen) atoms. The first kappa shape index (κ1) is 11.2. The smallest absolute Gasteiger partial charge is 0.317 e. The normalized spacial score (nSPS) is 8.93. The van der Waals surface area contributed by atoms with Crippen LogP contribution in [-0.2, 0) is 9.53 Å². The maximum absolute atomic E-state index is 10.9. The second kappa shape index (κ2) is 5.76. The van der Waals surface area contributed by atoms with Gasteiger partial charge in [0.1, 0.15) is 12.2 Å². The fourth-order valence-corrected chi connectivity index (χ4v) is 0.888. The Morgan fingerprint density at radius 3 is 2.73 bits per heavy atom. The van der Waals surface area contributed by atoms with E-state index in [1.165, 1.54) is 0 Å². The molecule has 0 saturated heterocycles. The van der Waals surface area contributed by atoms with Crippen molar-refractivity contribution in [2.75, 3.05) is 6.61 Å². The van der Waals surface area contributed by atoms with Crippen LogP contribution in [0, 0.1) is 18.8 Å². The molecule has 78 valence electrons. The molecule has 0 spiro atoms. The van der Waals surface area contributed by atoms with E-state index in [2.05, 4.69) is 21.8 Å². The lowest BCUT2D eigenvalue weighted by molar-refractivity contribution is -0.141. The van der Waals surface area contributed by atoms with Gasteiger partial charge in [0.05, 0.1) is 12.2 Å². The van der Waals surface area contributed by atoms with Gasteiger partial charge in [-0.25, -0.2) is 9.97 Å². The summed E-state index contributed by atoms with van der Waals surface area (Å²) in [5, 5.41) is 0. The molecule has 0 unspecified atom stereocenters. The molecule has 1 aromatic heterocycles. The van der Waals surface area contributed by atoms with Crippen LogP contribution in [0.1, 0.15) is 24.7 Å². The van der Waals surface area contributed by atoms with Gasteiger partial charge in [-0.1, -0.05) is 11.8 Å². The fourth-order valence-electron chi connectivity index (χ4n) is 0.888. The largest absolute Gasteiger partial charge is 0.465 e. The van der Waals surface area contributed by atoms with E-state index >= 15 is 0 Å². The van der Waals surface area contributed by atoms with Crippen LogP contribution in [0.4, 0.5) is 0 Å². The second-order valence-corrected chi connectivity index (χ2v) is 2.80. The number of rotatable bonds is 2. The fraction of sp³-hybridized carbons (Fsp3) is 0.364. The maximum atomic E-state index is 10.9. The molecule has 1 aromatic rings. The van der Waals surface area contributed by atoms with E-state index < -0.39 is 0 Å². The summed E-state index contributed by atoms with van der Waals surface area (Å²) in [5.41, 5.74) is 0.699. The predicted octanol–water partition coefficient (Wildman–Crippen LogP) is 1.09. The summed E-state index contributed by atoms with van der Waals surface area (Å²) in [4.78, 5) is 18.9. The molecule has 0 bridgehead atoms. The Morgan fingerprint density at radius 2 is 2.13 bits per heavy atom. The van der Waals surface area contributed by atoms with Crippen molar-refractivity contribution in [3.8, 4) is 11.8 Å². The van der Waals surface area contributed by atoms with Crippen molar-refractivity contribution in [3.63, 3.8) is 0 Å². The highest BCUT2D eigenvalue weighted by atomic mass is 16.5. The zero-order valence-corrected chi connectivity index (χ0v) is 8.78. The van der Waals surface area contributed by atoms with Crippen molar-refractivity contribution in [1.29, 1.82) is 0 Å². The van der Waals surface area contributed by atoms with Crippen LogP contribution in [0.2, 0.25) is 0 Å². The predicted molar refractivity (Wildman–Crippen MR) is 54.9 cm³/mol. The van der Waals surface area contributed by atoms with Gasteiger partial charge in [0.25, 0.3) is 0 Å². The second-order valence-electron chi connectivity index (χ2n) is 2.80. The van der Waals surface area contributed by atoms with Crippen LogP contribution < -0.4 is 0 Å². The third-order valence-electron chi connectivity index (χ3n) is 1.55. The summed E-state index contributed by atoms with van der Waals surface area (Å²) < 4.78 is 4.73. The summed E-state index contributed by atoms with van der Waals surface area (Å²) in [6.45, 7) is 3.95. The Kier molecular flexibility index (Phi) is 4.30. The number of aryl methyl sites for hydroxylation is 1. The monoisotopic (exact) mass is 204 g/mol. The van der Waals surface area contributed by atoms with Gasteiger partial charge >= 0.3 is 5.97 Å². The molecule has 0 atom stereocenters. The lowest BCUT2D eigenvalue weighted by atomic mass is 10.3. The third kappa shape index (κ3) is 4.23. The highest BCUT2D eigenvalue weighted by Crippen LogP contribution is 1.93. The number of esters is 1. The average Bonchev–Trinajstić information content (AvgIpc) is 2.21. The summed E-state index contributed by atoms with van der Waals surface area (Å²) in [5.74, 6) is 5.88. The number of nitrogens with zero attached hydrogens (tertiary/aromatic N) is 2. The van der Waals surface area contributed by atoms with E-state index in [1.54, 1.807) is 26.2 Å². The molecular formula is C11H12N2O2. The van der Waals surface area contributed by atoms with Crippen molar-refractivity contribution < 1.29 is 9.53 Å². The Bertz CT molecular complexity index is 387. The average molecular weight is 204 g/mol. The van der Waals surface area contributed by atoms with E-state index in [-0.39, 0.29) is 12.4 Å². The number of hydrogen-bond donors (Lipinski definition) is 0. The number of hydrogen-bond acceptors (Lipinski definition) is 4. The Hall–Kier alpha value is -1.89. The summed E-state index contributed by atoms with van der Waals surface area (Å²) in [7, 11) is 0. The topological polar surface area (TPSA) is 52.1 Å². The van der Waals surface area contributed by atoms with E-state index in [1.807, 2.05) is 0 Å². The molecule has 1 heterocycles. The van der Waals surface area contributed by atoms with Crippen molar-refractivity contribution in [2.24, 2.45) is 0 Å². The van der Waals surface area contributed by atoms with Gasteiger partial charge in [0.2, 0.25) is 0 Å². The van der Waals surface area contributed by atoms with Gasteiger partial charge in [0, 0.05) is 12.4 Å². The molecule has 0 radical (unpaired) electrons. The van der Waals surface area contributed by atoms with Crippen LogP contribution in [0.15, 0.2) is 12.4 Å². The minimum atomic E-state index is -0.307. The lowest BCUT2D eigenvalue weighted by Crippen LogP contribution is -2.01. The minimum absolute atomic E-state index is 0.0989. The van der Waals surface area contributed by atoms with Crippen LogP contribution in [0.5, 0.6) is 0 Å². The Balaban J connectivity index is 2.51. The van der Waals surface area contributed by atoms with Crippen molar-refractivity contribution in [2.45, 2.75) is 20.3 Å². The molecule has 4 heteroatoms. The van der Waals surface area contributed by atoms with Crippen molar-refractivity contribution >= 4 is 5.97 Å². The maximum Gasteiger partial charge on any atom is 0.317 e. The molecule has 0 aromatic carbocycles. The number of aromatic nitrogens is 2. The van der Waals surface area contributed by atoms with Crippen LogP contribution >= 0.6 is 0 Å². The zero-order chi connectivity index (χ0) is 11.1. The third-order valence-corrected chi connectivity index (χ3v) is 1.55. The quantitative estimate of drug-likeness (QED) is 0.534. The first-order chi connectivity index (χ1) is 7.22. The van der Waals surface area contributed by atoms with Crippen molar-refractivity contribution in [3.05, 3.63) is 23.8 Å². The summed E-state index contributed by atoms with van der Waals surface area (Å²) in [6, 6.07) is 0. The number of ether oxygens (including phenoxy) is 1. The zero-order valence-electron chi connectivity index (χ0n) is 8.78. The molecule has 4 nitrogen and oxygen atoms in total. The van der Waals surface area contributed by atoms with Gasteiger partial charge in [-0.2, -0.15) is 0 Å². The standard InChI is InChI=1S/C11H12N2O2/c1-3-15-11(14)6-4-5-10-7-12-9(2)13-8-10/h7-8H,3,6H2,1-2H3. The first-order valence-corrected chi connectivity index (χ1v) is 4.65. The van der Waals surface area contributed by atoms with E-state index in [4.69, 9.17) is 4.74 Å². The van der Waals surface area contributed by atoms with Gasteiger partial charge in [-0.05, 0) is 13.8 Å². The SMILES string of the molecule is CCOC(=O)CC#Cc1cnc(C)nc1. The molecule has 0 fully saturated rings. The van der Waals surface area contributed by atoms with E-state index in [0.29, 0.717) is 18.0 Å². The molecular weight excluding hydrogens is 192 g/mol. The van der Waals surface area contributed by atoms with Gasteiger partial charge in [-0.15, -0.1) is 0 Å². The summed E-state index contributed by atoms with van der Waals surface area (Å²) >= 11 is 0. The Labute approximate surface area is 88.7 Å². The molecule has 0 amide bonds. The minimum Gasteiger partial charge on any atom is -0.465 e. The number of carbonyl (C=O) groups excluding carboxylic acids is 1. The molecule has 0 aliphatic carbocycles. The Morgan fingerprint density at radius 1 is 1.47 bits per heavy atom. The highest BCUT2D eigenvalue weighted by Gasteiger charge is 1.96. The van der Waals surface area contributed by atoms with Crippen LogP contribution in [0.3, 0.4) is 0 Å². The molecule has 0 aliphatic rings. The van der Waals surface area contributed by atoms with E-state index in [9.17, 15) is 4.79 Å². The van der Waals surface area contributed by atoms with Crippen molar-refractivity contribution in [1.82, 2.24) is 9.97 Å². The highest BCUT2D eigenvalue weighted by molar-refractivity contribution is 5.72. The molecule has 0 saturated carbocycles. The molecule has 0 aliphatic heterocycles. The van der Waals surface area contributed by atoms with Gasteiger partial charge in [0.15, 0.2) is 0 Å². The van der Waals surface area contributed by atoms with Gasteiger partial charge < -0.3 is 4.74 Å². The van der Waals surface area contributed by atoms with E-state index in [0.717, 1.165) is 0 Å². The lowest BCUT2D eigenvalue weighted by Gasteiger charge is -1.94. The molecule has 1 rings (SSSR count). The first-order valence-electron chi connectivity index (χ1n) is 4.65. The number of carbonyl (C=O) groups is 1.